The van der Waals surface area contributed by atoms with Crippen molar-refractivity contribution in [2.75, 3.05) is 4.72 Å². The third-order valence-electron chi connectivity index (χ3n) is 2.86. The van der Waals surface area contributed by atoms with Gasteiger partial charge in [-0.25, -0.2) is 8.42 Å². The molecule has 0 saturated heterocycles. The first kappa shape index (κ1) is 16.8. The summed E-state index contributed by atoms with van der Waals surface area (Å²) in [7, 11) is -4.10. The van der Waals surface area contributed by atoms with Crippen LogP contribution < -0.4 is 4.72 Å². The number of benzene rings is 2. The van der Waals surface area contributed by atoms with E-state index in [-0.39, 0.29) is 4.90 Å². The molecule has 2 aromatic rings. The Morgan fingerprint density at radius 2 is 1.64 bits per heavy atom. The van der Waals surface area contributed by atoms with Gasteiger partial charge in [0.05, 0.1) is 16.1 Å². The summed E-state index contributed by atoms with van der Waals surface area (Å²) in [6.45, 7) is 1.78. The van der Waals surface area contributed by atoms with E-state index in [1.54, 1.807) is 19.1 Å². The molecular weight excluding hydrogens is 383 g/mol. The zero-order valence-corrected chi connectivity index (χ0v) is 13.7. The maximum absolute atomic E-state index is 13.0. The van der Waals surface area contributed by atoms with Gasteiger partial charge in [0.1, 0.15) is 0 Å². The second-order valence-corrected chi connectivity index (χ2v) is 7.20. The van der Waals surface area contributed by atoms with Crippen molar-refractivity contribution in [3.63, 3.8) is 0 Å². The van der Waals surface area contributed by atoms with Crippen LogP contribution in [-0.2, 0) is 16.2 Å². The highest BCUT2D eigenvalue weighted by Gasteiger charge is 2.34. The van der Waals surface area contributed by atoms with Gasteiger partial charge in [-0.05, 0) is 37.3 Å². The van der Waals surface area contributed by atoms with Crippen molar-refractivity contribution in [3.8, 4) is 0 Å². The predicted octanol–water partition coefficient (Wildman–Crippen LogP) is 4.58. The summed E-state index contributed by atoms with van der Waals surface area (Å²) in [6.07, 6.45) is -4.66. The van der Waals surface area contributed by atoms with E-state index in [0.29, 0.717) is 4.47 Å². The summed E-state index contributed by atoms with van der Waals surface area (Å²) in [5, 5.41) is 0. The minimum Gasteiger partial charge on any atom is -0.279 e. The van der Waals surface area contributed by atoms with Crippen LogP contribution in [-0.4, -0.2) is 8.42 Å². The normalized spacial score (nSPS) is 12.2. The molecule has 1 N–H and O–H groups in total. The largest absolute Gasteiger partial charge is 0.418 e. The SMILES string of the molecule is Cc1ccc(S(=O)(=O)Nc2cc(Br)ccc2C(F)(F)F)cc1. The third-order valence-corrected chi connectivity index (χ3v) is 4.74. The minimum absolute atomic E-state index is 0.105. The van der Waals surface area contributed by atoms with Crippen LogP contribution in [0.3, 0.4) is 0 Å². The first-order valence-electron chi connectivity index (χ1n) is 6.06. The van der Waals surface area contributed by atoms with E-state index < -0.39 is 27.5 Å². The van der Waals surface area contributed by atoms with E-state index in [1.807, 2.05) is 4.72 Å². The summed E-state index contributed by atoms with van der Waals surface area (Å²) in [4.78, 5) is -0.105. The van der Waals surface area contributed by atoms with Crippen LogP contribution in [0.4, 0.5) is 18.9 Å². The number of alkyl halides is 3. The van der Waals surface area contributed by atoms with E-state index in [1.165, 1.54) is 18.2 Å². The molecule has 0 radical (unpaired) electrons. The topological polar surface area (TPSA) is 46.2 Å². The van der Waals surface area contributed by atoms with Crippen molar-refractivity contribution < 1.29 is 21.6 Å². The lowest BCUT2D eigenvalue weighted by molar-refractivity contribution is -0.136. The molecule has 0 aliphatic rings. The molecule has 22 heavy (non-hydrogen) atoms. The Morgan fingerprint density at radius 3 is 2.18 bits per heavy atom. The summed E-state index contributed by atoms with van der Waals surface area (Å²) in [6, 6.07) is 8.91. The van der Waals surface area contributed by atoms with Crippen molar-refractivity contribution in [1.29, 1.82) is 0 Å². The fourth-order valence-electron chi connectivity index (χ4n) is 1.77. The number of hydrogen-bond acceptors (Lipinski definition) is 2. The van der Waals surface area contributed by atoms with Gasteiger partial charge in [-0.15, -0.1) is 0 Å². The molecule has 8 heteroatoms. The second kappa shape index (κ2) is 5.92. The lowest BCUT2D eigenvalue weighted by Gasteiger charge is -2.15. The monoisotopic (exact) mass is 393 g/mol. The standard InChI is InChI=1S/C14H11BrF3NO2S/c1-9-2-5-11(6-3-9)22(20,21)19-13-8-10(15)4-7-12(13)14(16,17)18/h2-8,19H,1H3. The van der Waals surface area contributed by atoms with Crippen LogP contribution in [0.2, 0.25) is 0 Å². The molecule has 2 aromatic carbocycles. The maximum Gasteiger partial charge on any atom is 0.418 e. The first-order chi connectivity index (χ1) is 10.1. The van der Waals surface area contributed by atoms with Crippen LogP contribution in [0.1, 0.15) is 11.1 Å². The van der Waals surface area contributed by atoms with E-state index >= 15 is 0 Å². The van der Waals surface area contributed by atoms with Crippen molar-refractivity contribution in [3.05, 3.63) is 58.1 Å². The zero-order valence-electron chi connectivity index (χ0n) is 11.3. The van der Waals surface area contributed by atoms with Crippen LogP contribution in [0.5, 0.6) is 0 Å². The molecule has 0 spiro atoms. The maximum atomic E-state index is 13.0. The molecule has 0 aromatic heterocycles. The fourth-order valence-corrected chi connectivity index (χ4v) is 3.20. The van der Waals surface area contributed by atoms with Gasteiger partial charge in [0.25, 0.3) is 10.0 Å². The molecule has 0 amide bonds. The Morgan fingerprint density at radius 1 is 1.05 bits per heavy atom. The Bertz CT molecular complexity index is 787. The van der Waals surface area contributed by atoms with E-state index in [9.17, 15) is 21.6 Å². The molecule has 0 unspecified atom stereocenters. The summed E-state index contributed by atoms with van der Waals surface area (Å²) < 4.78 is 65.6. The summed E-state index contributed by atoms with van der Waals surface area (Å²) in [5.74, 6) is 0. The molecule has 2 rings (SSSR count). The number of sulfonamides is 1. The predicted molar refractivity (Wildman–Crippen MR) is 81.1 cm³/mol. The Labute approximate surface area is 134 Å². The van der Waals surface area contributed by atoms with Crippen molar-refractivity contribution >= 4 is 31.6 Å². The van der Waals surface area contributed by atoms with Crippen LogP contribution in [0, 0.1) is 6.92 Å². The van der Waals surface area contributed by atoms with Gasteiger partial charge in [-0.1, -0.05) is 33.6 Å². The first-order valence-corrected chi connectivity index (χ1v) is 8.33. The highest BCUT2D eigenvalue weighted by atomic mass is 79.9. The molecule has 3 nitrogen and oxygen atoms in total. The van der Waals surface area contributed by atoms with Gasteiger partial charge in [0, 0.05) is 4.47 Å². The average Bonchev–Trinajstić information content (AvgIpc) is 2.37. The van der Waals surface area contributed by atoms with Gasteiger partial charge >= 0.3 is 6.18 Å². The smallest absolute Gasteiger partial charge is 0.279 e. The van der Waals surface area contributed by atoms with Gasteiger partial charge in [-0.2, -0.15) is 13.2 Å². The number of halogens is 4. The van der Waals surface area contributed by atoms with Gasteiger partial charge in [0.2, 0.25) is 0 Å². The lowest BCUT2D eigenvalue weighted by atomic mass is 10.2. The molecule has 0 aliphatic heterocycles. The fraction of sp³-hybridized carbons (Fsp3) is 0.143. The molecular formula is C14H11BrF3NO2S. The summed E-state index contributed by atoms with van der Waals surface area (Å²) >= 11 is 3.03. The summed E-state index contributed by atoms with van der Waals surface area (Å²) in [5.41, 5.74) is -0.730. The lowest BCUT2D eigenvalue weighted by Crippen LogP contribution is -2.17. The zero-order chi connectivity index (χ0) is 16.5. The molecule has 118 valence electrons. The van der Waals surface area contributed by atoms with Gasteiger partial charge in [-0.3, -0.25) is 4.72 Å². The van der Waals surface area contributed by atoms with E-state index in [2.05, 4.69) is 15.9 Å². The molecule has 0 atom stereocenters. The number of aryl methyl sites for hydroxylation is 1. The van der Waals surface area contributed by atoms with Crippen molar-refractivity contribution in [2.24, 2.45) is 0 Å². The molecule has 0 aliphatic carbocycles. The number of rotatable bonds is 3. The molecule has 0 heterocycles. The number of nitrogens with one attached hydrogen (secondary N) is 1. The Kier molecular flexibility index (Phi) is 4.53. The van der Waals surface area contributed by atoms with Crippen molar-refractivity contribution in [1.82, 2.24) is 0 Å². The highest BCUT2D eigenvalue weighted by molar-refractivity contribution is 9.10. The third kappa shape index (κ3) is 3.80. The number of anilines is 1. The van der Waals surface area contributed by atoms with Crippen LogP contribution in [0.25, 0.3) is 0 Å². The van der Waals surface area contributed by atoms with E-state index in [4.69, 9.17) is 0 Å². The second-order valence-electron chi connectivity index (χ2n) is 4.61. The van der Waals surface area contributed by atoms with Gasteiger partial charge < -0.3 is 0 Å². The molecule has 0 saturated carbocycles. The van der Waals surface area contributed by atoms with Crippen LogP contribution in [0.15, 0.2) is 51.8 Å². The molecule has 0 bridgehead atoms. The van der Waals surface area contributed by atoms with Crippen LogP contribution >= 0.6 is 15.9 Å². The average molecular weight is 394 g/mol. The number of hydrogen-bond donors (Lipinski definition) is 1. The highest BCUT2D eigenvalue weighted by Crippen LogP contribution is 2.37. The van der Waals surface area contributed by atoms with E-state index in [0.717, 1.165) is 17.7 Å². The molecule has 0 fully saturated rings. The van der Waals surface area contributed by atoms with Crippen molar-refractivity contribution in [2.45, 2.75) is 18.0 Å². The quantitative estimate of drug-likeness (QED) is 0.829. The Hall–Kier alpha value is -1.54. The van der Waals surface area contributed by atoms with Gasteiger partial charge in [0.15, 0.2) is 0 Å². The minimum atomic E-state index is -4.66. The Balaban J connectivity index is 2.46.